The molecule has 6 aliphatic rings. The fraction of sp³-hybridized carbons (Fsp3) is 0.667. The molecule has 9 heteroatoms. The molecule has 2 saturated heterocycles. The van der Waals surface area contributed by atoms with Crippen LogP contribution in [0.1, 0.15) is 121 Å². The van der Waals surface area contributed by atoms with E-state index in [1.165, 1.54) is 62.6 Å². The molecule has 3 aromatic rings. The van der Waals surface area contributed by atoms with Crippen molar-refractivity contribution in [1.82, 2.24) is 10.1 Å². The summed E-state index contributed by atoms with van der Waals surface area (Å²) in [5.41, 5.74) is 5.48. The molecular formula is C33H39N3O5S. The normalized spacial score (nSPS) is 30.2. The van der Waals surface area contributed by atoms with Gasteiger partial charge in [-0.1, -0.05) is 16.5 Å². The summed E-state index contributed by atoms with van der Waals surface area (Å²) in [5.74, 6) is 1.99. The smallest absolute Gasteiger partial charge is 0.335 e. The lowest BCUT2D eigenvalue weighted by Gasteiger charge is -2.31. The highest BCUT2D eigenvalue weighted by atomic mass is 32.1. The third kappa shape index (κ3) is 4.41. The Balaban J connectivity index is 0.909. The Bertz CT molecular complexity index is 1520. The summed E-state index contributed by atoms with van der Waals surface area (Å²) in [5, 5.41) is 15.4. The first kappa shape index (κ1) is 26.0. The number of ether oxygens (including phenoxy) is 2. The van der Waals surface area contributed by atoms with Crippen LogP contribution in [-0.2, 0) is 16.1 Å². The molecule has 2 aromatic heterocycles. The minimum absolute atomic E-state index is 0.209. The van der Waals surface area contributed by atoms with Crippen LogP contribution in [0.15, 0.2) is 16.7 Å². The van der Waals surface area contributed by atoms with Gasteiger partial charge in [-0.3, -0.25) is 0 Å². The third-order valence-electron chi connectivity index (χ3n) is 11.5. The maximum atomic E-state index is 11.9. The predicted octanol–water partition coefficient (Wildman–Crippen LogP) is 6.99. The van der Waals surface area contributed by atoms with Gasteiger partial charge in [0.1, 0.15) is 5.76 Å². The largest absolute Gasteiger partial charge is 0.478 e. The van der Waals surface area contributed by atoms with Crippen LogP contribution < -0.4 is 4.90 Å². The highest BCUT2D eigenvalue weighted by Gasteiger charge is 2.48. The number of rotatable bonds is 8. The van der Waals surface area contributed by atoms with Crippen molar-refractivity contribution >= 4 is 32.7 Å². The highest BCUT2D eigenvalue weighted by Crippen LogP contribution is 2.59. The van der Waals surface area contributed by atoms with E-state index in [0.717, 1.165) is 59.1 Å². The van der Waals surface area contributed by atoms with E-state index in [9.17, 15) is 9.90 Å². The standard InChI is InChI=1S/C33H39N3O5S/c37-31(38)21-12-24(20-5-10-39-16-20)29-27(13-21)42-32(34-29)36-15-22-11-23(36)14-26(22)40-17-25-28(35-41-30(25)19-1-2-19)18-3-6-33(7-4-18)8-9-33/h12-13,18-20,22-23,26H,1-11,14-17H2,(H,37,38)/t20?,22-,23-,26+/m0/s1. The van der Waals surface area contributed by atoms with E-state index in [1.54, 1.807) is 17.4 Å². The fourth-order valence-electron chi connectivity index (χ4n) is 8.56. The second-order valence-corrected chi connectivity index (χ2v) is 15.1. The molecule has 4 saturated carbocycles. The zero-order valence-electron chi connectivity index (χ0n) is 24.1. The third-order valence-corrected chi connectivity index (χ3v) is 12.5. The van der Waals surface area contributed by atoms with Crippen LogP contribution in [0, 0.1) is 11.3 Å². The summed E-state index contributed by atoms with van der Waals surface area (Å²) >= 11 is 1.63. The van der Waals surface area contributed by atoms with Crippen LogP contribution in [0.3, 0.4) is 0 Å². The maximum absolute atomic E-state index is 11.9. The number of aromatic nitrogens is 2. The number of fused-ring (bicyclic) bond motifs is 3. The van der Waals surface area contributed by atoms with Crippen LogP contribution in [0.5, 0.6) is 0 Å². The number of aromatic carboxylic acids is 1. The number of carboxylic acids is 1. The lowest BCUT2D eigenvalue weighted by atomic mass is 9.77. The van der Waals surface area contributed by atoms with Gasteiger partial charge < -0.3 is 24.0 Å². The van der Waals surface area contributed by atoms with E-state index in [4.69, 9.17) is 19.0 Å². The Morgan fingerprint density at radius 2 is 1.93 bits per heavy atom. The van der Waals surface area contributed by atoms with Crippen LogP contribution in [0.25, 0.3) is 10.2 Å². The number of nitrogens with zero attached hydrogens (tertiary/aromatic N) is 3. The monoisotopic (exact) mass is 589 g/mol. The summed E-state index contributed by atoms with van der Waals surface area (Å²) in [6.07, 6.45) is 13.8. The molecule has 9 rings (SSSR count). The van der Waals surface area contributed by atoms with E-state index in [1.807, 2.05) is 6.07 Å². The van der Waals surface area contributed by atoms with Crippen molar-refractivity contribution in [3.05, 3.63) is 40.3 Å². The van der Waals surface area contributed by atoms with Crippen molar-refractivity contribution in [1.29, 1.82) is 0 Å². The molecule has 42 heavy (non-hydrogen) atoms. The van der Waals surface area contributed by atoms with Gasteiger partial charge in [0.2, 0.25) is 0 Å². The average molecular weight is 590 g/mol. The molecule has 1 N–H and O–H groups in total. The van der Waals surface area contributed by atoms with E-state index in [0.29, 0.717) is 48.0 Å². The Kier molecular flexibility index (Phi) is 6.03. The molecule has 4 atom stereocenters. The number of carboxylic acid groups (broad SMARTS) is 1. The molecule has 8 nitrogen and oxygen atoms in total. The Morgan fingerprint density at radius 3 is 2.62 bits per heavy atom. The topological polar surface area (TPSA) is 97.9 Å². The number of anilines is 1. The van der Waals surface area contributed by atoms with E-state index in [-0.39, 0.29) is 12.0 Å². The van der Waals surface area contributed by atoms with Crippen molar-refractivity contribution < 1.29 is 23.9 Å². The second kappa shape index (κ2) is 9.76. The van der Waals surface area contributed by atoms with Gasteiger partial charge in [0.25, 0.3) is 0 Å². The molecule has 2 aliphatic heterocycles. The lowest BCUT2D eigenvalue weighted by molar-refractivity contribution is 0.0116. The summed E-state index contributed by atoms with van der Waals surface area (Å²) in [7, 11) is 0. The number of benzene rings is 1. The zero-order chi connectivity index (χ0) is 28.0. The maximum Gasteiger partial charge on any atom is 0.335 e. The number of hydrogen-bond acceptors (Lipinski definition) is 8. The second-order valence-electron chi connectivity index (χ2n) is 14.1. The van der Waals surface area contributed by atoms with Crippen molar-refractivity contribution in [2.24, 2.45) is 11.3 Å². The Labute approximate surface area is 249 Å². The lowest BCUT2D eigenvalue weighted by Crippen LogP contribution is -2.38. The Hall–Kier alpha value is -2.49. The predicted molar refractivity (Wildman–Crippen MR) is 159 cm³/mol. The molecule has 4 aliphatic carbocycles. The fourth-order valence-corrected chi connectivity index (χ4v) is 9.68. The molecule has 0 radical (unpaired) electrons. The minimum atomic E-state index is -0.886. The van der Waals surface area contributed by atoms with Crippen LogP contribution >= 0.6 is 11.3 Å². The van der Waals surface area contributed by atoms with Crippen LogP contribution in [0.2, 0.25) is 0 Å². The number of carbonyl (C=O) groups is 1. The van der Waals surface area contributed by atoms with Gasteiger partial charge in [0, 0.05) is 48.4 Å². The summed E-state index contributed by atoms with van der Waals surface area (Å²) < 4.78 is 19.3. The molecule has 222 valence electrons. The van der Waals surface area contributed by atoms with Gasteiger partial charge in [-0.2, -0.15) is 0 Å². The van der Waals surface area contributed by atoms with Gasteiger partial charge in [0.15, 0.2) is 5.13 Å². The van der Waals surface area contributed by atoms with Crippen molar-refractivity contribution in [3.63, 3.8) is 0 Å². The van der Waals surface area contributed by atoms with E-state index >= 15 is 0 Å². The SMILES string of the molecule is O=C(O)c1cc(C2CCOC2)c2nc(N3C[C@@H]4C[C@H]3C[C@H]4OCc3c(C4CCC5(CC4)CC5)noc3C3CC3)sc2c1. The van der Waals surface area contributed by atoms with Crippen LogP contribution in [0.4, 0.5) is 5.13 Å². The van der Waals surface area contributed by atoms with Gasteiger partial charge in [-0.15, -0.1) is 0 Å². The molecular weight excluding hydrogens is 550 g/mol. The molecule has 2 bridgehead atoms. The molecule has 1 aromatic carbocycles. The van der Waals surface area contributed by atoms with E-state index < -0.39 is 5.97 Å². The average Bonchev–Trinajstić information content (AvgIpc) is 3.56. The molecule has 1 unspecified atom stereocenters. The quantitative estimate of drug-likeness (QED) is 0.300. The van der Waals surface area contributed by atoms with Crippen LogP contribution in [-0.4, -0.2) is 53.1 Å². The molecule has 4 heterocycles. The molecule has 6 fully saturated rings. The van der Waals surface area contributed by atoms with Crippen molar-refractivity contribution in [2.75, 3.05) is 24.7 Å². The van der Waals surface area contributed by atoms with Crippen molar-refractivity contribution in [3.8, 4) is 0 Å². The highest BCUT2D eigenvalue weighted by molar-refractivity contribution is 7.22. The number of piperidine rings is 1. The first-order chi connectivity index (χ1) is 20.5. The minimum Gasteiger partial charge on any atom is -0.478 e. The summed E-state index contributed by atoms with van der Waals surface area (Å²) in [6, 6.07) is 4.03. The first-order valence-electron chi connectivity index (χ1n) is 16.2. The first-order valence-corrected chi connectivity index (χ1v) is 17.0. The number of hydrogen-bond donors (Lipinski definition) is 1. The van der Waals surface area contributed by atoms with E-state index in [2.05, 4.69) is 10.1 Å². The van der Waals surface area contributed by atoms with Gasteiger partial charge in [-0.05, 0) is 93.7 Å². The molecule has 0 amide bonds. The summed E-state index contributed by atoms with van der Waals surface area (Å²) in [6.45, 7) is 2.93. The number of thiazole rings is 1. The van der Waals surface area contributed by atoms with Gasteiger partial charge in [-0.25, -0.2) is 9.78 Å². The van der Waals surface area contributed by atoms with Gasteiger partial charge >= 0.3 is 5.97 Å². The molecule has 1 spiro atoms. The summed E-state index contributed by atoms with van der Waals surface area (Å²) in [4.78, 5) is 19.5. The van der Waals surface area contributed by atoms with Crippen molar-refractivity contribution in [2.45, 2.75) is 107 Å². The Morgan fingerprint density at radius 1 is 1.07 bits per heavy atom. The van der Waals surface area contributed by atoms with Gasteiger partial charge in [0.05, 0.1) is 40.8 Å². The zero-order valence-corrected chi connectivity index (χ0v) is 24.9.